The van der Waals surface area contributed by atoms with E-state index in [4.69, 9.17) is 4.28 Å². The maximum Gasteiger partial charge on any atom is 0.317 e. The third-order valence-electron chi connectivity index (χ3n) is 2.52. The van der Waals surface area contributed by atoms with Gasteiger partial charge in [0.2, 0.25) is 0 Å². The van der Waals surface area contributed by atoms with E-state index < -0.39 is 10.1 Å². The fraction of sp³-hybridized carbons (Fsp3) is 0.250. The molecule has 0 bridgehead atoms. The number of benzene rings is 1. The van der Waals surface area contributed by atoms with Gasteiger partial charge in [-0.05, 0) is 25.0 Å². The molecule has 0 atom stereocenters. The Labute approximate surface area is 106 Å². The lowest BCUT2D eigenvalue weighted by Crippen LogP contribution is -2.22. The van der Waals surface area contributed by atoms with Crippen molar-refractivity contribution in [1.29, 1.82) is 0 Å². The van der Waals surface area contributed by atoms with Crippen LogP contribution in [0.1, 0.15) is 19.3 Å². The van der Waals surface area contributed by atoms with E-state index in [1.165, 1.54) is 18.2 Å². The number of allylic oxidation sites excluding steroid dienone is 2. The largest absolute Gasteiger partial charge is 0.317 e. The molecular formula is C12H13NO4S. The highest BCUT2D eigenvalue weighted by Gasteiger charge is 2.17. The van der Waals surface area contributed by atoms with Crippen LogP contribution in [0, 0.1) is 0 Å². The van der Waals surface area contributed by atoms with Gasteiger partial charge in [-0.15, -0.1) is 4.28 Å². The van der Waals surface area contributed by atoms with Gasteiger partial charge in [0.15, 0.2) is 5.78 Å². The van der Waals surface area contributed by atoms with Crippen LogP contribution in [0.5, 0.6) is 0 Å². The Morgan fingerprint density at radius 2 is 1.83 bits per heavy atom. The molecule has 0 radical (unpaired) electrons. The average molecular weight is 267 g/mol. The molecule has 5 nitrogen and oxygen atoms in total. The van der Waals surface area contributed by atoms with Crippen LogP contribution in [0.2, 0.25) is 0 Å². The average Bonchev–Trinajstić information content (AvgIpc) is 2.38. The summed E-state index contributed by atoms with van der Waals surface area (Å²) in [5.41, 5.74) is 2.83. The van der Waals surface area contributed by atoms with E-state index in [2.05, 4.69) is 5.48 Å². The van der Waals surface area contributed by atoms with Gasteiger partial charge in [-0.1, -0.05) is 18.2 Å². The molecule has 0 spiro atoms. The Morgan fingerprint density at radius 3 is 2.50 bits per heavy atom. The van der Waals surface area contributed by atoms with E-state index in [0.29, 0.717) is 25.0 Å². The lowest BCUT2D eigenvalue weighted by Gasteiger charge is -2.13. The van der Waals surface area contributed by atoms with Crippen molar-refractivity contribution in [3.63, 3.8) is 0 Å². The number of carbonyl (C=O) groups is 1. The van der Waals surface area contributed by atoms with Crippen LogP contribution in [-0.2, 0) is 19.2 Å². The molecule has 1 aliphatic rings. The Hall–Kier alpha value is -1.66. The zero-order chi connectivity index (χ0) is 13.0. The van der Waals surface area contributed by atoms with Crippen molar-refractivity contribution in [1.82, 2.24) is 5.48 Å². The second-order valence-corrected chi connectivity index (χ2v) is 5.49. The number of hydrogen-bond acceptors (Lipinski definition) is 5. The lowest BCUT2D eigenvalue weighted by molar-refractivity contribution is -0.115. The molecule has 96 valence electrons. The predicted octanol–water partition coefficient (Wildman–Crippen LogP) is 1.53. The number of carbonyl (C=O) groups excluding carboxylic acids is 1. The second-order valence-electron chi connectivity index (χ2n) is 3.94. The van der Waals surface area contributed by atoms with Crippen LogP contribution in [0.4, 0.5) is 0 Å². The maximum absolute atomic E-state index is 11.8. The molecule has 1 aromatic carbocycles. The molecule has 0 unspecified atom stereocenters. The minimum absolute atomic E-state index is 0.0236. The van der Waals surface area contributed by atoms with E-state index in [0.717, 1.165) is 0 Å². The third kappa shape index (κ3) is 3.18. The highest BCUT2D eigenvalue weighted by molar-refractivity contribution is 7.86. The minimum atomic E-state index is -3.84. The van der Waals surface area contributed by atoms with Crippen LogP contribution < -0.4 is 5.48 Å². The van der Waals surface area contributed by atoms with Crippen LogP contribution in [-0.4, -0.2) is 14.2 Å². The Balaban J connectivity index is 2.04. The summed E-state index contributed by atoms with van der Waals surface area (Å²) in [7, 11) is -3.84. The van der Waals surface area contributed by atoms with Crippen LogP contribution >= 0.6 is 0 Å². The van der Waals surface area contributed by atoms with E-state index in [9.17, 15) is 13.2 Å². The van der Waals surface area contributed by atoms with Crippen molar-refractivity contribution >= 4 is 15.9 Å². The zero-order valence-electron chi connectivity index (χ0n) is 9.63. The molecule has 1 aliphatic carbocycles. The summed E-state index contributed by atoms with van der Waals surface area (Å²) in [6, 6.07) is 7.82. The third-order valence-corrected chi connectivity index (χ3v) is 3.67. The van der Waals surface area contributed by atoms with Crippen LogP contribution in [0.15, 0.2) is 47.0 Å². The van der Waals surface area contributed by atoms with Gasteiger partial charge in [0.25, 0.3) is 0 Å². The first-order valence-corrected chi connectivity index (χ1v) is 6.97. The number of hydroxylamine groups is 1. The Bertz CT molecular complexity index is 563. The fourth-order valence-corrected chi connectivity index (χ4v) is 2.42. The van der Waals surface area contributed by atoms with Gasteiger partial charge in [-0.3, -0.25) is 10.3 Å². The smallest absolute Gasteiger partial charge is 0.295 e. The van der Waals surface area contributed by atoms with Crippen molar-refractivity contribution in [3.8, 4) is 0 Å². The number of rotatable bonds is 4. The molecule has 0 aliphatic heterocycles. The summed E-state index contributed by atoms with van der Waals surface area (Å²) in [5.74, 6) is -0.0236. The summed E-state index contributed by atoms with van der Waals surface area (Å²) in [6.07, 6.45) is 3.18. The standard InChI is InChI=1S/C12H13NO4S/c14-11-6-4-5-10(9-11)13-17-18(15,16)12-7-2-1-3-8-12/h1-3,7-9,13H,4-6H2. The summed E-state index contributed by atoms with van der Waals surface area (Å²) in [4.78, 5) is 11.2. The highest BCUT2D eigenvalue weighted by atomic mass is 32.2. The second kappa shape index (κ2) is 5.32. The highest BCUT2D eigenvalue weighted by Crippen LogP contribution is 2.15. The predicted molar refractivity (Wildman–Crippen MR) is 64.8 cm³/mol. The van der Waals surface area contributed by atoms with Crippen LogP contribution in [0.25, 0.3) is 0 Å². The van der Waals surface area contributed by atoms with Gasteiger partial charge < -0.3 is 0 Å². The van der Waals surface area contributed by atoms with Crippen molar-refractivity contribution in [2.75, 3.05) is 0 Å². The fourth-order valence-electron chi connectivity index (χ4n) is 1.62. The molecular weight excluding hydrogens is 254 g/mol. The maximum atomic E-state index is 11.8. The van der Waals surface area contributed by atoms with Gasteiger partial charge in [0.05, 0.1) is 4.90 Å². The quantitative estimate of drug-likeness (QED) is 0.838. The number of ketones is 1. The molecule has 0 saturated heterocycles. The molecule has 1 aromatic rings. The molecule has 18 heavy (non-hydrogen) atoms. The van der Waals surface area contributed by atoms with E-state index in [1.807, 2.05) is 0 Å². The Morgan fingerprint density at radius 1 is 1.11 bits per heavy atom. The SMILES string of the molecule is O=C1C=C(NOS(=O)(=O)c2ccccc2)CCC1. The molecule has 0 saturated carbocycles. The summed E-state index contributed by atoms with van der Waals surface area (Å²) in [5, 5.41) is 0. The van der Waals surface area contributed by atoms with Gasteiger partial charge >= 0.3 is 10.1 Å². The van der Waals surface area contributed by atoms with Crippen LogP contribution in [0.3, 0.4) is 0 Å². The van der Waals surface area contributed by atoms with Crippen molar-refractivity contribution in [3.05, 3.63) is 42.1 Å². The normalized spacial score (nSPS) is 16.2. The Kier molecular flexibility index (Phi) is 3.78. The summed E-state index contributed by atoms with van der Waals surface area (Å²) >= 11 is 0. The number of hydrogen-bond donors (Lipinski definition) is 1. The zero-order valence-corrected chi connectivity index (χ0v) is 10.4. The lowest BCUT2D eigenvalue weighted by atomic mass is 10.0. The first-order chi connectivity index (χ1) is 8.58. The van der Waals surface area contributed by atoms with Gasteiger partial charge in [-0.2, -0.15) is 8.42 Å². The minimum Gasteiger partial charge on any atom is -0.295 e. The topological polar surface area (TPSA) is 72.5 Å². The monoisotopic (exact) mass is 267 g/mol. The van der Waals surface area contributed by atoms with Crippen molar-refractivity contribution < 1.29 is 17.5 Å². The molecule has 0 heterocycles. The van der Waals surface area contributed by atoms with E-state index >= 15 is 0 Å². The molecule has 1 N–H and O–H groups in total. The summed E-state index contributed by atoms with van der Waals surface area (Å²) < 4.78 is 28.2. The number of nitrogens with one attached hydrogen (secondary N) is 1. The van der Waals surface area contributed by atoms with Gasteiger partial charge in [-0.25, -0.2) is 0 Å². The molecule has 0 amide bonds. The van der Waals surface area contributed by atoms with Gasteiger partial charge in [0.1, 0.15) is 0 Å². The van der Waals surface area contributed by atoms with E-state index in [1.54, 1.807) is 18.2 Å². The molecule has 6 heteroatoms. The van der Waals surface area contributed by atoms with Gasteiger partial charge in [0, 0.05) is 18.2 Å². The first-order valence-electron chi connectivity index (χ1n) is 5.56. The first kappa shape index (κ1) is 12.8. The molecule has 2 rings (SSSR count). The molecule has 0 fully saturated rings. The van der Waals surface area contributed by atoms with E-state index in [-0.39, 0.29) is 10.7 Å². The van der Waals surface area contributed by atoms with Crippen molar-refractivity contribution in [2.24, 2.45) is 0 Å². The molecule has 0 aromatic heterocycles. The van der Waals surface area contributed by atoms with Crippen molar-refractivity contribution in [2.45, 2.75) is 24.2 Å². The summed E-state index contributed by atoms with van der Waals surface area (Å²) in [6.45, 7) is 0.